The second-order valence-corrected chi connectivity index (χ2v) is 8.45. The first kappa shape index (κ1) is 25.1. The van der Waals surface area contributed by atoms with Gasteiger partial charge in [0.15, 0.2) is 6.61 Å². The smallest absolute Gasteiger partial charge is 0.257 e. The van der Waals surface area contributed by atoms with Gasteiger partial charge in [0.05, 0.1) is 24.7 Å². The Morgan fingerprint density at radius 3 is 2.36 bits per heavy atom. The van der Waals surface area contributed by atoms with Crippen molar-refractivity contribution in [3.63, 3.8) is 0 Å². The van der Waals surface area contributed by atoms with Crippen molar-refractivity contribution in [3.05, 3.63) is 84.7 Å². The maximum atomic E-state index is 12.0. The molecule has 36 heavy (non-hydrogen) atoms. The average Bonchev–Trinajstić information content (AvgIpc) is 3.27. The number of hydrogen-bond acceptors (Lipinski definition) is 5. The minimum absolute atomic E-state index is 0.0344. The van der Waals surface area contributed by atoms with E-state index in [1.54, 1.807) is 7.11 Å². The van der Waals surface area contributed by atoms with E-state index in [0.717, 1.165) is 60.6 Å². The molecule has 0 spiro atoms. The summed E-state index contributed by atoms with van der Waals surface area (Å²) in [6.07, 6.45) is 3.80. The third kappa shape index (κ3) is 7.25. The van der Waals surface area contributed by atoms with Gasteiger partial charge in [0.1, 0.15) is 29.7 Å². The Morgan fingerprint density at radius 1 is 0.833 bits per heavy atom. The first-order valence-electron chi connectivity index (χ1n) is 12.4. The molecule has 0 aliphatic rings. The molecular weight excluding hydrogens is 454 g/mol. The Hall–Kier alpha value is -4.00. The molecule has 0 unspecified atom stereocenters. The molecule has 0 aliphatic carbocycles. The van der Waals surface area contributed by atoms with Gasteiger partial charge in [0.2, 0.25) is 0 Å². The van der Waals surface area contributed by atoms with Crippen molar-refractivity contribution < 1.29 is 19.0 Å². The molecule has 1 N–H and O–H groups in total. The summed E-state index contributed by atoms with van der Waals surface area (Å²) in [6, 6.07) is 25.2. The number of amides is 1. The molecule has 0 saturated heterocycles. The Morgan fingerprint density at radius 2 is 1.56 bits per heavy atom. The zero-order valence-electron chi connectivity index (χ0n) is 20.7. The van der Waals surface area contributed by atoms with Gasteiger partial charge in [-0.2, -0.15) is 0 Å². The number of methoxy groups -OCH3 is 1. The molecule has 3 aromatic carbocycles. The van der Waals surface area contributed by atoms with Crippen LogP contribution in [0, 0.1) is 0 Å². The minimum Gasteiger partial charge on any atom is -0.497 e. The predicted octanol–water partition coefficient (Wildman–Crippen LogP) is 5.03. The van der Waals surface area contributed by atoms with Gasteiger partial charge < -0.3 is 24.1 Å². The standard InChI is InChI=1S/C29H33N3O4/c1-34-23-15-17-25(18-16-23)35-21-20-32-27-13-8-7-12-26(27)31-28(32)14-6-3-9-19-30-29(33)22-36-24-10-4-2-5-11-24/h2,4-5,7-8,10-13,15-18H,3,6,9,14,19-22H2,1H3,(H,30,33). The van der Waals surface area contributed by atoms with Crippen LogP contribution in [0.4, 0.5) is 0 Å². The normalized spacial score (nSPS) is 10.8. The van der Waals surface area contributed by atoms with Gasteiger partial charge in [0, 0.05) is 13.0 Å². The van der Waals surface area contributed by atoms with E-state index < -0.39 is 0 Å². The largest absolute Gasteiger partial charge is 0.497 e. The van der Waals surface area contributed by atoms with Crippen LogP contribution >= 0.6 is 0 Å². The van der Waals surface area contributed by atoms with Crippen LogP contribution in [0.25, 0.3) is 11.0 Å². The molecule has 0 radical (unpaired) electrons. The van der Waals surface area contributed by atoms with Crippen molar-refractivity contribution in [3.8, 4) is 17.2 Å². The molecule has 0 bridgehead atoms. The maximum absolute atomic E-state index is 12.0. The van der Waals surface area contributed by atoms with E-state index in [4.69, 9.17) is 19.2 Å². The summed E-state index contributed by atoms with van der Waals surface area (Å²) in [4.78, 5) is 16.8. The summed E-state index contributed by atoms with van der Waals surface area (Å²) in [5.74, 6) is 3.29. The van der Waals surface area contributed by atoms with Crippen LogP contribution in [-0.2, 0) is 17.8 Å². The number of rotatable bonds is 14. The lowest BCUT2D eigenvalue weighted by atomic mass is 10.2. The molecule has 0 aliphatic heterocycles. The van der Waals surface area contributed by atoms with Crippen molar-refractivity contribution in [2.75, 3.05) is 26.9 Å². The van der Waals surface area contributed by atoms with Gasteiger partial charge in [-0.25, -0.2) is 4.98 Å². The van der Waals surface area contributed by atoms with Gasteiger partial charge in [0.25, 0.3) is 5.91 Å². The van der Waals surface area contributed by atoms with E-state index >= 15 is 0 Å². The number of fused-ring (bicyclic) bond motifs is 1. The number of ether oxygens (including phenoxy) is 3. The second kappa shape index (κ2) is 13.2. The molecule has 1 aromatic heterocycles. The number of nitrogens with zero attached hydrogens (tertiary/aromatic N) is 2. The highest BCUT2D eigenvalue weighted by atomic mass is 16.5. The van der Waals surface area contributed by atoms with Gasteiger partial charge in [-0.05, 0) is 61.4 Å². The van der Waals surface area contributed by atoms with Crippen LogP contribution < -0.4 is 19.5 Å². The van der Waals surface area contributed by atoms with Gasteiger partial charge in [-0.1, -0.05) is 36.8 Å². The maximum Gasteiger partial charge on any atom is 0.257 e. The fraction of sp³-hybridized carbons (Fsp3) is 0.310. The summed E-state index contributed by atoms with van der Waals surface area (Å²) in [7, 11) is 1.65. The minimum atomic E-state index is -0.0995. The van der Waals surface area contributed by atoms with Crippen LogP contribution in [0.2, 0.25) is 0 Å². The fourth-order valence-corrected chi connectivity index (χ4v) is 4.02. The number of imidazole rings is 1. The average molecular weight is 488 g/mol. The number of carbonyl (C=O) groups excluding carboxylic acids is 1. The Balaban J connectivity index is 1.20. The lowest BCUT2D eigenvalue weighted by Crippen LogP contribution is -2.29. The van der Waals surface area contributed by atoms with Crippen molar-refractivity contribution in [2.45, 2.75) is 32.2 Å². The molecule has 1 amide bonds. The van der Waals surface area contributed by atoms with E-state index in [0.29, 0.717) is 18.9 Å². The number of aryl methyl sites for hydroxylation is 1. The summed E-state index contributed by atoms with van der Waals surface area (Å²) in [5.41, 5.74) is 2.12. The highest BCUT2D eigenvalue weighted by molar-refractivity contribution is 5.77. The summed E-state index contributed by atoms with van der Waals surface area (Å²) in [6.45, 7) is 1.95. The summed E-state index contributed by atoms with van der Waals surface area (Å²) < 4.78 is 18.9. The molecule has 4 rings (SSSR count). The van der Waals surface area contributed by atoms with Gasteiger partial charge in [-0.3, -0.25) is 4.79 Å². The molecule has 0 saturated carbocycles. The summed E-state index contributed by atoms with van der Waals surface area (Å²) >= 11 is 0. The molecule has 0 fully saturated rings. The van der Waals surface area contributed by atoms with E-state index in [1.807, 2.05) is 72.8 Å². The zero-order chi connectivity index (χ0) is 25.0. The van der Waals surface area contributed by atoms with Crippen molar-refractivity contribution in [1.82, 2.24) is 14.9 Å². The predicted molar refractivity (Wildman–Crippen MR) is 141 cm³/mol. The first-order chi connectivity index (χ1) is 17.7. The molecular formula is C29H33N3O4. The molecule has 7 nitrogen and oxygen atoms in total. The van der Waals surface area contributed by atoms with Crippen LogP contribution in [0.15, 0.2) is 78.9 Å². The number of carbonyl (C=O) groups is 1. The van der Waals surface area contributed by atoms with E-state index in [1.165, 1.54) is 0 Å². The number of benzene rings is 3. The quantitative estimate of drug-likeness (QED) is 0.253. The molecule has 1 heterocycles. The van der Waals surface area contributed by atoms with Crippen LogP contribution in [0.3, 0.4) is 0 Å². The van der Waals surface area contributed by atoms with Crippen LogP contribution in [0.5, 0.6) is 17.2 Å². The topological polar surface area (TPSA) is 74.6 Å². The van der Waals surface area contributed by atoms with E-state index in [2.05, 4.69) is 16.0 Å². The van der Waals surface area contributed by atoms with Crippen molar-refractivity contribution >= 4 is 16.9 Å². The second-order valence-electron chi connectivity index (χ2n) is 8.45. The van der Waals surface area contributed by atoms with Gasteiger partial charge in [-0.15, -0.1) is 0 Å². The Labute approximate surface area is 212 Å². The highest BCUT2D eigenvalue weighted by Gasteiger charge is 2.10. The highest BCUT2D eigenvalue weighted by Crippen LogP contribution is 2.20. The number of unbranched alkanes of at least 4 members (excludes halogenated alkanes) is 2. The first-order valence-corrected chi connectivity index (χ1v) is 12.4. The molecule has 0 atom stereocenters. The van der Waals surface area contributed by atoms with Crippen LogP contribution in [-0.4, -0.2) is 42.3 Å². The molecule has 4 aromatic rings. The van der Waals surface area contributed by atoms with Crippen molar-refractivity contribution in [1.29, 1.82) is 0 Å². The van der Waals surface area contributed by atoms with Gasteiger partial charge >= 0.3 is 0 Å². The number of hydrogen-bond donors (Lipinski definition) is 1. The third-order valence-corrected chi connectivity index (χ3v) is 5.89. The number of para-hydroxylation sites is 3. The van der Waals surface area contributed by atoms with E-state index in [-0.39, 0.29) is 12.5 Å². The summed E-state index contributed by atoms with van der Waals surface area (Å²) in [5, 5.41) is 2.93. The number of nitrogens with one attached hydrogen (secondary N) is 1. The van der Waals surface area contributed by atoms with Crippen molar-refractivity contribution in [2.24, 2.45) is 0 Å². The monoisotopic (exact) mass is 487 g/mol. The zero-order valence-corrected chi connectivity index (χ0v) is 20.7. The fourth-order valence-electron chi connectivity index (χ4n) is 4.02. The third-order valence-electron chi connectivity index (χ3n) is 5.89. The van der Waals surface area contributed by atoms with Crippen LogP contribution in [0.1, 0.15) is 25.1 Å². The number of aromatic nitrogens is 2. The Bertz CT molecular complexity index is 1220. The Kier molecular flexibility index (Phi) is 9.19. The lowest BCUT2D eigenvalue weighted by molar-refractivity contribution is -0.123. The lowest BCUT2D eigenvalue weighted by Gasteiger charge is -2.11. The molecule has 7 heteroatoms. The SMILES string of the molecule is COc1ccc(OCCn2c(CCCCCNC(=O)COc3ccccc3)nc3ccccc32)cc1. The van der Waals surface area contributed by atoms with E-state index in [9.17, 15) is 4.79 Å². The molecule has 188 valence electrons.